The SMILES string of the molecule is CCn1c2ccccc2c2cc(/C(CCC3CCCCC3)=N/OC(=O)c3ccccc3)ccc21. The minimum Gasteiger partial charge on any atom is -0.341 e. The molecule has 174 valence electrons. The van der Waals surface area contributed by atoms with E-state index in [0.29, 0.717) is 5.56 Å². The van der Waals surface area contributed by atoms with Gasteiger partial charge in [-0.25, -0.2) is 4.79 Å². The second kappa shape index (κ2) is 10.3. The number of para-hydroxylation sites is 1. The number of hydrogen-bond acceptors (Lipinski definition) is 3. The van der Waals surface area contributed by atoms with E-state index in [1.165, 1.54) is 53.9 Å². The third-order valence-electron chi connectivity index (χ3n) is 7.18. The molecule has 0 amide bonds. The molecule has 0 aliphatic heterocycles. The number of carbonyl (C=O) groups is 1. The molecule has 0 radical (unpaired) electrons. The quantitative estimate of drug-likeness (QED) is 0.163. The number of aryl methyl sites for hydroxylation is 1. The van der Waals surface area contributed by atoms with E-state index in [4.69, 9.17) is 4.84 Å². The molecule has 1 saturated carbocycles. The Labute approximate surface area is 201 Å². The van der Waals surface area contributed by atoms with E-state index in [-0.39, 0.29) is 0 Å². The number of oxime groups is 1. The monoisotopic (exact) mass is 452 g/mol. The number of hydrogen-bond donors (Lipinski definition) is 0. The molecule has 0 N–H and O–H groups in total. The van der Waals surface area contributed by atoms with E-state index < -0.39 is 5.97 Å². The Balaban J connectivity index is 1.49. The fourth-order valence-electron chi connectivity index (χ4n) is 5.36. The molecule has 5 rings (SSSR count). The molecule has 4 heteroatoms. The Morgan fingerprint density at radius 1 is 0.882 bits per heavy atom. The van der Waals surface area contributed by atoms with Crippen molar-refractivity contribution in [2.75, 3.05) is 0 Å². The third-order valence-corrected chi connectivity index (χ3v) is 7.18. The van der Waals surface area contributed by atoms with Crippen molar-refractivity contribution in [1.82, 2.24) is 4.57 Å². The zero-order valence-corrected chi connectivity index (χ0v) is 19.9. The fourth-order valence-corrected chi connectivity index (χ4v) is 5.36. The lowest BCUT2D eigenvalue weighted by molar-refractivity contribution is 0.0515. The van der Waals surface area contributed by atoms with Gasteiger partial charge in [-0.3, -0.25) is 0 Å². The van der Waals surface area contributed by atoms with Gasteiger partial charge in [0.2, 0.25) is 0 Å². The van der Waals surface area contributed by atoms with Crippen molar-refractivity contribution >= 4 is 33.5 Å². The van der Waals surface area contributed by atoms with E-state index >= 15 is 0 Å². The van der Waals surface area contributed by atoms with Crippen LogP contribution in [0.3, 0.4) is 0 Å². The molecule has 1 aliphatic carbocycles. The van der Waals surface area contributed by atoms with Crippen LogP contribution in [0.1, 0.15) is 67.8 Å². The van der Waals surface area contributed by atoms with Crippen LogP contribution in [0.25, 0.3) is 21.8 Å². The first-order valence-corrected chi connectivity index (χ1v) is 12.6. The lowest BCUT2D eigenvalue weighted by Crippen LogP contribution is -2.11. The molecule has 34 heavy (non-hydrogen) atoms. The summed E-state index contributed by atoms with van der Waals surface area (Å²) < 4.78 is 2.35. The van der Waals surface area contributed by atoms with Gasteiger partial charge >= 0.3 is 5.97 Å². The second-order valence-electron chi connectivity index (χ2n) is 9.32. The van der Waals surface area contributed by atoms with E-state index in [0.717, 1.165) is 36.6 Å². The van der Waals surface area contributed by atoms with Gasteiger partial charge in [0.05, 0.1) is 11.3 Å². The van der Waals surface area contributed by atoms with Crippen LogP contribution in [-0.2, 0) is 11.4 Å². The second-order valence-corrected chi connectivity index (χ2v) is 9.32. The van der Waals surface area contributed by atoms with E-state index in [1.807, 2.05) is 18.2 Å². The Bertz CT molecular complexity index is 1310. The van der Waals surface area contributed by atoms with Gasteiger partial charge in [-0.05, 0) is 56.0 Å². The smallest absolute Gasteiger partial charge is 0.341 e. The minimum absolute atomic E-state index is 0.417. The van der Waals surface area contributed by atoms with Gasteiger partial charge in [-0.2, -0.15) is 0 Å². The number of rotatable bonds is 7. The molecule has 0 bridgehead atoms. The molecular formula is C30H32N2O2. The highest BCUT2D eigenvalue weighted by molar-refractivity contribution is 6.11. The summed E-state index contributed by atoms with van der Waals surface area (Å²) in [6.45, 7) is 3.10. The predicted molar refractivity (Wildman–Crippen MR) is 139 cm³/mol. The number of carbonyl (C=O) groups excluding carboxylic acids is 1. The van der Waals surface area contributed by atoms with E-state index in [1.54, 1.807) is 12.1 Å². The topological polar surface area (TPSA) is 43.6 Å². The lowest BCUT2D eigenvalue weighted by Gasteiger charge is -2.21. The third kappa shape index (κ3) is 4.63. The van der Waals surface area contributed by atoms with E-state index in [9.17, 15) is 4.79 Å². The van der Waals surface area contributed by atoms with Gasteiger partial charge in [-0.15, -0.1) is 0 Å². The maximum atomic E-state index is 12.6. The van der Waals surface area contributed by atoms with Crippen LogP contribution in [0.5, 0.6) is 0 Å². The highest BCUT2D eigenvalue weighted by Gasteiger charge is 2.17. The van der Waals surface area contributed by atoms with Crippen molar-refractivity contribution in [2.45, 2.75) is 58.4 Å². The Hall–Kier alpha value is -3.40. The first kappa shape index (κ1) is 22.4. The van der Waals surface area contributed by atoms with Crippen LogP contribution >= 0.6 is 0 Å². The van der Waals surface area contributed by atoms with Crippen molar-refractivity contribution < 1.29 is 9.63 Å². The van der Waals surface area contributed by atoms with Gasteiger partial charge in [0.1, 0.15) is 0 Å². The minimum atomic E-state index is -0.417. The molecule has 0 saturated heterocycles. The Kier molecular flexibility index (Phi) is 6.75. The summed E-state index contributed by atoms with van der Waals surface area (Å²) in [5, 5.41) is 6.89. The van der Waals surface area contributed by atoms with Crippen LogP contribution in [-0.4, -0.2) is 16.2 Å². The average Bonchev–Trinajstić information content (AvgIpc) is 3.22. The Morgan fingerprint density at radius 2 is 1.62 bits per heavy atom. The van der Waals surface area contributed by atoms with Crippen molar-refractivity contribution in [3.8, 4) is 0 Å². The fraction of sp³-hybridized carbons (Fsp3) is 0.333. The Morgan fingerprint density at radius 3 is 2.41 bits per heavy atom. The highest BCUT2D eigenvalue weighted by Crippen LogP contribution is 2.31. The van der Waals surface area contributed by atoms with Gasteiger partial charge in [0, 0.05) is 33.9 Å². The zero-order valence-electron chi connectivity index (χ0n) is 19.9. The predicted octanol–water partition coefficient (Wildman–Crippen LogP) is 7.74. The molecule has 0 unspecified atom stereocenters. The number of benzene rings is 3. The summed E-state index contributed by atoms with van der Waals surface area (Å²) in [5.74, 6) is 0.314. The zero-order chi connectivity index (χ0) is 23.3. The molecule has 1 aliphatic rings. The largest absolute Gasteiger partial charge is 0.365 e. The molecule has 1 heterocycles. The maximum absolute atomic E-state index is 12.6. The first-order valence-electron chi connectivity index (χ1n) is 12.6. The molecule has 0 spiro atoms. The number of fused-ring (bicyclic) bond motifs is 3. The summed E-state index contributed by atoms with van der Waals surface area (Å²) >= 11 is 0. The van der Waals surface area contributed by atoms with Crippen LogP contribution in [0, 0.1) is 5.92 Å². The van der Waals surface area contributed by atoms with Crippen molar-refractivity contribution in [1.29, 1.82) is 0 Å². The van der Waals surface area contributed by atoms with Gasteiger partial charge < -0.3 is 9.40 Å². The van der Waals surface area contributed by atoms with Crippen LogP contribution in [0.15, 0.2) is 78.0 Å². The summed E-state index contributed by atoms with van der Waals surface area (Å²) in [6, 6.07) is 24.1. The number of aromatic nitrogens is 1. The van der Waals surface area contributed by atoms with Gasteiger partial charge in [0.25, 0.3) is 0 Å². The average molecular weight is 453 g/mol. The summed E-state index contributed by atoms with van der Waals surface area (Å²) in [7, 11) is 0. The summed E-state index contributed by atoms with van der Waals surface area (Å²) in [5.41, 5.74) is 4.86. The maximum Gasteiger partial charge on any atom is 0.365 e. The van der Waals surface area contributed by atoms with Crippen LogP contribution < -0.4 is 0 Å². The van der Waals surface area contributed by atoms with Gasteiger partial charge in [0.15, 0.2) is 0 Å². The lowest BCUT2D eigenvalue weighted by atomic mass is 9.85. The normalized spacial score (nSPS) is 15.1. The van der Waals surface area contributed by atoms with E-state index in [2.05, 4.69) is 59.1 Å². The standard InChI is InChI=1S/C30H32N2O2/c1-2-32-28-16-10-9-15-25(28)26-21-24(18-20-29(26)32)27(19-17-22-11-5-3-6-12-22)31-34-30(33)23-13-7-4-8-14-23/h4,7-10,13-16,18,20-22H,2-3,5-6,11-12,17,19H2,1H3/b31-27+. The summed E-state index contributed by atoms with van der Waals surface area (Å²) in [6.07, 6.45) is 8.47. The molecule has 1 fully saturated rings. The number of nitrogens with zero attached hydrogens (tertiary/aromatic N) is 2. The molecular weight excluding hydrogens is 420 g/mol. The molecule has 3 aromatic carbocycles. The van der Waals surface area contributed by atoms with Crippen molar-refractivity contribution in [2.24, 2.45) is 11.1 Å². The van der Waals surface area contributed by atoms with Crippen LogP contribution in [0.2, 0.25) is 0 Å². The molecule has 4 nitrogen and oxygen atoms in total. The van der Waals surface area contributed by atoms with Crippen molar-refractivity contribution in [3.05, 3.63) is 83.9 Å². The van der Waals surface area contributed by atoms with Gasteiger partial charge in [-0.1, -0.05) is 79.7 Å². The first-order chi connectivity index (χ1) is 16.7. The van der Waals surface area contributed by atoms with Crippen molar-refractivity contribution in [3.63, 3.8) is 0 Å². The molecule has 0 atom stereocenters. The molecule has 1 aromatic heterocycles. The summed E-state index contributed by atoms with van der Waals surface area (Å²) in [4.78, 5) is 18.0. The highest BCUT2D eigenvalue weighted by atomic mass is 16.7. The van der Waals surface area contributed by atoms with Crippen LogP contribution in [0.4, 0.5) is 0 Å². The molecule has 4 aromatic rings.